The fourth-order valence-electron chi connectivity index (χ4n) is 1.16. The monoisotopic (exact) mass is 204 g/mol. The largest absolute Gasteiger partial charge is 0.361 e. The van der Waals surface area contributed by atoms with E-state index in [0.717, 1.165) is 17.1 Å². The minimum Gasteiger partial charge on any atom is -0.361 e. The van der Waals surface area contributed by atoms with Gasteiger partial charge in [0.2, 0.25) is 0 Å². The lowest BCUT2D eigenvalue weighted by Gasteiger charge is -1.94. The summed E-state index contributed by atoms with van der Waals surface area (Å²) in [7, 11) is 0. The number of aryl methyl sites for hydroxylation is 2. The first-order chi connectivity index (χ1) is 7.25. The Morgan fingerprint density at radius 1 is 1.07 bits per heavy atom. The van der Waals surface area contributed by atoms with Crippen LogP contribution in [-0.2, 0) is 0 Å². The van der Waals surface area contributed by atoms with Crippen LogP contribution in [0.4, 0.5) is 0 Å². The predicted molar refractivity (Wildman–Crippen MR) is 60.6 cm³/mol. The van der Waals surface area contributed by atoms with E-state index in [9.17, 15) is 0 Å². The molecule has 0 aliphatic carbocycles. The summed E-state index contributed by atoms with van der Waals surface area (Å²) in [5.41, 5.74) is 2.82. The summed E-state index contributed by atoms with van der Waals surface area (Å²) >= 11 is 0. The van der Waals surface area contributed by atoms with Crippen LogP contribution in [-0.4, -0.2) is 10.1 Å². The van der Waals surface area contributed by atoms with Gasteiger partial charge in [-0.25, -0.2) is 0 Å². The standard InChI is InChI=1S/C10H10N2O.C2H6/c1-7-3-4-11-9(5-7)10-6-8(2)13-12-10;1-2/h3-6H,1-2H3;1-2H3. The molecule has 0 bridgehead atoms. The van der Waals surface area contributed by atoms with Crippen molar-refractivity contribution in [2.45, 2.75) is 27.7 Å². The summed E-state index contributed by atoms with van der Waals surface area (Å²) < 4.78 is 4.97. The first kappa shape index (κ1) is 11.4. The first-order valence-corrected chi connectivity index (χ1v) is 5.12. The highest BCUT2D eigenvalue weighted by Crippen LogP contribution is 2.16. The lowest BCUT2D eigenvalue weighted by atomic mass is 10.2. The molecule has 3 nitrogen and oxygen atoms in total. The molecule has 0 atom stereocenters. The summed E-state index contributed by atoms with van der Waals surface area (Å²) in [5, 5.41) is 3.89. The van der Waals surface area contributed by atoms with E-state index in [1.165, 1.54) is 5.56 Å². The molecule has 0 N–H and O–H groups in total. The molecule has 2 heterocycles. The quantitative estimate of drug-likeness (QED) is 0.714. The highest BCUT2D eigenvalue weighted by atomic mass is 16.5. The molecule has 2 aromatic heterocycles. The van der Waals surface area contributed by atoms with Gasteiger partial charge in [-0.05, 0) is 31.5 Å². The van der Waals surface area contributed by atoms with E-state index in [-0.39, 0.29) is 0 Å². The summed E-state index contributed by atoms with van der Waals surface area (Å²) in [5.74, 6) is 0.804. The van der Waals surface area contributed by atoms with Crippen molar-refractivity contribution >= 4 is 0 Å². The third-order valence-corrected chi connectivity index (χ3v) is 1.81. The van der Waals surface area contributed by atoms with Crippen molar-refractivity contribution in [2.24, 2.45) is 0 Å². The average Bonchev–Trinajstić information content (AvgIpc) is 2.68. The zero-order chi connectivity index (χ0) is 11.3. The molecule has 80 valence electrons. The van der Waals surface area contributed by atoms with Gasteiger partial charge in [-0.15, -0.1) is 0 Å². The number of nitrogens with zero attached hydrogens (tertiary/aromatic N) is 2. The smallest absolute Gasteiger partial charge is 0.134 e. The summed E-state index contributed by atoms with van der Waals surface area (Å²) in [6.07, 6.45) is 1.77. The summed E-state index contributed by atoms with van der Waals surface area (Å²) in [6.45, 7) is 7.89. The Morgan fingerprint density at radius 2 is 1.80 bits per heavy atom. The molecule has 0 aliphatic rings. The molecule has 0 fully saturated rings. The summed E-state index contributed by atoms with van der Waals surface area (Å²) in [4.78, 5) is 4.20. The van der Waals surface area contributed by atoms with Crippen LogP contribution in [0.25, 0.3) is 11.4 Å². The van der Waals surface area contributed by atoms with E-state index in [2.05, 4.69) is 10.1 Å². The summed E-state index contributed by atoms with van der Waals surface area (Å²) in [6, 6.07) is 5.81. The van der Waals surface area contributed by atoms with Crippen molar-refractivity contribution < 1.29 is 4.52 Å². The van der Waals surface area contributed by atoms with Crippen molar-refractivity contribution in [3.05, 3.63) is 35.7 Å². The number of hydrogen-bond donors (Lipinski definition) is 0. The van der Waals surface area contributed by atoms with Crippen LogP contribution < -0.4 is 0 Å². The van der Waals surface area contributed by atoms with Crippen LogP contribution >= 0.6 is 0 Å². The lowest BCUT2D eigenvalue weighted by molar-refractivity contribution is 0.399. The topological polar surface area (TPSA) is 38.9 Å². The van der Waals surface area contributed by atoms with Gasteiger partial charge in [-0.2, -0.15) is 0 Å². The molecule has 0 spiro atoms. The van der Waals surface area contributed by atoms with Crippen molar-refractivity contribution in [1.29, 1.82) is 0 Å². The van der Waals surface area contributed by atoms with Crippen LogP contribution in [0.1, 0.15) is 25.2 Å². The third kappa shape index (κ3) is 2.91. The van der Waals surface area contributed by atoms with E-state index in [1.807, 2.05) is 45.9 Å². The average molecular weight is 204 g/mol. The van der Waals surface area contributed by atoms with Gasteiger partial charge >= 0.3 is 0 Å². The minimum absolute atomic E-state index is 0.793. The number of hydrogen-bond acceptors (Lipinski definition) is 3. The zero-order valence-corrected chi connectivity index (χ0v) is 9.61. The lowest BCUT2D eigenvalue weighted by Crippen LogP contribution is -1.83. The van der Waals surface area contributed by atoms with Gasteiger partial charge in [0.1, 0.15) is 11.5 Å². The second kappa shape index (κ2) is 5.29. The van der Waals surface area contributed by atoms with E-state index in [4.69, 9.17) is 4.52 Å². The van der Waals surface area contributed by atoms with Crippen molar-refractivity contribution in [3.63, 3.8) is 0 Å². The molecule has 0 saturated carbocycles. The molecular formula is C12H16N2O. The molecule has 0 saturated heterocycles. The van der Waals surface area contributed by atoms with Gasteiger partial charge < -0.3 is 4.52 Å². The maximum atomic E-state index is 4.97. The number of aromatic nitrogens is 2. The van der Waals surface area contributed by atoms with Crippen LogP contribution in [0.3, 0.4) is 0 Å². The van der Waals surface area contributed by atoms with Crippen molar-refractivity contribution in [2.75, 3.05) is 0 Å². The van der Waals surface area contributed by atoms with E-state index >= 15 is 0 Å². The van der Waals surface area contributed by atoms with E-state index in [1.54, 1.807) is 6.20 Å². The van der Waals surface area contributed by atoms with Crippen LogP contribution in [0, 0.1) is 13.8 Å². The van der Waals surface area contributed by atoms with Crippen LogP contribution in [0.2, 0.25) is 0 Å². The first-order valence-electron chi connectivity index (χ1n) is 5.12. The second-order valence-electron chi connectivity index (χ2n) is 3.04. The third-order valence-electron chi connectivity index (χ3n) is 1.81. The van der Waals surface area contributed by atoms with E-state index in [0.29, 0.717) is 0 Å². The molecule has 15 heavy (non-hydrogen) atoms. The van der Waals surface area contributed by atoms with Gasteiger partial charge in [0.15, 0.2) is 0 Å². The van der Waals surface area contributed by atoms with Crippen LogP contribution in [0.15, 0.2) is 28.9 Å². The van der Waals surface area contributed by atoms with E-state index < -0.39 is 0 Å². The fourth-order valence-corrected chi connectivity index (χ4v) is 1.16. The maximum absolute atomic E-state index is 4.97. The predicted octanol–water partition coefficient (Wildman–Crippen LogP) is 3.38. The Kier molecular flexibility index (Phi) is 4.03. The Morgan fingerprint density at radius 3 is 2.33 bits per heavy atom. The molecule has 0 amide bonds. The number of pyridine rings is 1. The molecule has 0 radical (unpaired) electrons. The van der Waals surface area contributed by atoms with Crippen LogP contribution in [0.5, 0.6) is 0 Å². The molecule has 2 aromatic rings. The fraction of sp³-hybridized carbons (Fsp3) is 0.333. The normalized spacial score (nSPS) is 9.33. The zero-order valence-electron chi connectivity index (χ0n) is 9.61. The Labute approximate surface area is 90.1 Å². The van der Waals surface area contributed by atoms with Gasteiger partial charge in [0.25, 0.3) is 0 Å². The Hall–Kier alpha value is -1.64. The van der Waals surface area contributed by atoms with Gasteiger partial charge in [-0.3, -0.25) is 4.98 Å². The molecule has 0 aromatic carbocycles. The van der Waals surface area contributed by atoms with Gasteiger partial charge in [0.05, 0.1) is 5.69 Å². The molecule has 2 rings (SSSR count). The van der Waals surface area contributed by atoms with Gasteiger partial charge in [-0.1, -0.05) is 19.0 Å². The second-order valence-corrected chi connectivity index (χ2v) is 3.04. The molecule has 0 unspecified atom stereocenters. The minimum atomic E-state index is 0.793. The number of rotatable bonds is 1. The highest BCUT2D eigenvalue weighted by Gasteiger charge is 2.04. The SMILES string of the molecule is CC.Cc1ccnc(-c2cc(C)on2)c1. The maximum Gasteiger partial charge on any atom is 0.134 e. The molecule has 0 aliphatic heterocycles. The van der Waals surface area contributed by atoms with Crippen molar-refractivity contribution in [3.8, 4) is 11.4 Å². The molecular weight excluding hydrogens is 188 g/mol. The highest BCUT2D eigenvalue weighted by molar-refractivity contribution is 5.54. The Bertz CT molecular complexity index is 421. The van der Waals surface area contributed by atoms with Crippen molar-refractivity contribution in [1.82, 2.24) is 10.1 Å². The van der Waals surface area contributed by atoms with Gasteiger partial charge in [0, 0.05) is 12.3 Å². The Balaban J connectivity index is 0.000000531. The molecule has 3 heteroatoms.